The summed E-state index contributed by atoms with van der Waals surface area (Å²) in [4.78, 5) is 0. The van der Waals surface area contributed by atoms with Crippen molar-refractivity contribution in [1.82, 2.24) is 0 Å². The zero-order valence-corrected chi connectivity index (χ0v) is 11.9. The van der Waals surface area contributed by atoms with Crippen LogP contribution in [0.15, 0.2) is 46.7 Å². The van der Waals surface area contributed by atoms with Gasteiger partial charge in [0.25, 0.3) is 0 Å². The highest BCUT2D eigenvalue weighted by molar-refractivity contribution is 6.85. The van der Waals surface area contributed by atoms with Gasteiger partial charge in [-0.3, -0.25) is 0 Å². The molecular weight excluding hydrogens is 224 g/mol. The molecule has 1 nitrogen and oxygen atoms in total. The number of hydrogen-bond donors (Lipinski definition) is 1. The molecule has 2 aliphatic carbocycles. The predicted molar refractivity (Wildman–Crippen MR) is 76.6 cm³/mol. The lowest BCUT2D eigenvalue weighted by atomic mass is 10.1. The van der Waals surface area contributed by atoms with Crippen LogP contribution in [0.2, 0.25) is 19.1 Å². The monoisotopic (exact) mass is 246 g/mol. The van der Waals surface area contributed by atoms with E-state index in [4.69, 9.17) is 5.11 Å². The Hall–Kier alpha value is -0.863. The highest BCUT2D eigenvalue weighted by Crippen LogP contribution is 2.36. The minimum Gasteiger partial charge on any atom is -0.396 e. The maximum atomic E-state index is 9.02. The lowest BCUT2D eigenvalue weighted by molar-refractivity contribution is 0.294. The fourth-order valence-corrected chi connectivity index (χ4v) is 5.69. The van der Waals surface area contributed by atoms with E-state index in [0.29, 0.717) is 6.61 Å². The molecule has 0 aromatic carbocycles. The molecular formula is C15H22OSi. The lowest BCUT2D eigenvalue weighted by Gasteiger charge is -2.25. The zero-order chi connectivity index (χ0) is 12.3. The van der Waals surface area contributed by atoms with Gasteiger partial charge in [0.1, 0.15) is 0 Å². The van der Waals surface area contributed by atoms with Crippen LogP contribution in [0.5, 0.6) is 0 Å². The molecule has 0 heterocycles. The second-order valence-corrected chi connectivity index (χ2v) is 10.3. The molecule has 0 unspecified atom stereocenters. The average molecular weight is 246 g/mol. The molecule has 0 atom stereocenters. The van der Waals surface area contributed by atoms with E-state index in [1.54, 1.807) is 10.8 Å². The molecule has 17 heavy (non-hydrogen) atoms. The van der Waals surface area contributed by atoms with Crippen LogP contribution in [0.25, 0.3) is 0 Å². The Morgan fingerprint density at radius 1 is 1.24 bits per heavy atom. The van der Waals surface area contributed by atoms with Gasteiger partial charge < -0.3 is 5.11 Å². The first-order valence-electron chi connectivity index (χ1n) is 6.53. The van der Waals surface area contributed by atoms with Crippen molar-refractivity contribution in [3.8, 4) is 0 Å². The van der Waals surface area contributed by atoms with Crippen LogP contribution in [-0.2, 0) is 0 Å². The quantitative estimate of drug-likeness (QED) is 0.732. The van der Waals surface area contributed by atoms with Gasteiger partial charge in [-0.05, 0) is 30.4 Å². The Morgan fingerprint density at radius 2 is 2.06 bits per heavy atom. The molecule has 0 saturated carbocycles. The second kappa shape index (κ2) is 5.19. The Morgan fingerprint density at radius 3 is 2.71 bits per heavy atom. The van der Waals surface area contributed by atoms with Gasteiger partial charge in [-0.1, -0.05) is 54.7 Å². The van der Waals surface area contributed by atoms with Crippen molar-refractivity contribution in [2.24, 2.45) is 0 Å². The van der Waals surface area contributed by atoms with Crippen LogP contribution >= 0.6 is 0 Å². The largest absolute Gasteiger partial charge is 0.396 e. The van der Waals surface area contributed by atoms with Gasteiger partial charge in [0, 0.05) is 6.61 Å². The Bertz CT molecular complexity index is 411. The number of aliphatic hydroxyl groups is 1. The minimum absolute atomic E-state index is 0.325. The average Bonchev–Trinajstić information content (AvgIpc) is 2.95. The smallest absolute Gasteiger partial charge is 0.0811 e. The molecule has 1 N–H and O–H groups in total. The van der Waals surface area contributed by atoms with Crippen LogP contribution in [-0.4, -0.2) is 19.8 Å². The molecule has 0 saturated heterocycles. The van der Waals surface area contributed by atoms with E-state index >= 15 is 0 Å². The summed E-state index contributed by atoms with van der Waals surface area (Å²) in [6, 6.07) is 1.18. The van der Waals surface area contributed by atoms with E-state index in [1.165, 1.54) is 11.6 Å². The molecule has 0 spiro atoms. The third-order valence-corrected chi connectivity index (χ3v) is 7.27. The lowest BCUT2D eigenvalue weighted by Crippen LogP contribution is -2.29. The van der Waals surface area contributed by atoms with Crippen molar-refractivity contribution in [2.75, 3.05) is 6.61 Å². The minimum atomic E-state index is -1.36. The van der Waals surface area contributed by atoms with Crippen LogP contribution in [0.4, 0.5) is 0 Å². The number of allylic oxidation sites excluding steroid dienone is 8. The molecule has 2 aliphatic rings. The summed E-state index contributed by atoms with van der Waals surface area (Å²) in [7, 11) is -1.36. The van der Waals surface area contributed by atoms with Crippen molar-refractivity contribution in [3.05, 3.63) is 46.7 Å². The molecule has 0 aliphatic heterocycles. The third kappa shape index (κ3) is 2.69. The van der Waals surface area contributed by atoms with Gasteiger partial charge in [-0.15, -0.1) is 0 Å². The topological polar surface area (TPSA) is 20.2 Å². The fraction of sp³-hybridized carbons (Fsp3) is 0.467. The van der Waals surface area contributed by atoms with E-state index in [1.807, 2.05) is 0 Å². The van der Waals surface area contributed by atoms with Crippen molar-refractivity contribution >= 4 is 8.07 Å². The highest BCUT2D eigenvalue weighted by atomic mass is 28.3. The van der Waals surface area contributed by atoms with Gasteiger partial charge >= 0.3 is 0 Å². The van der Waals surface area contributed by atoms with Crippen LogP contribution in [0.1, 0.15) is 19.3 Å². The third-order valence-electron chi connectivity index (χ3n) is 3.74. The van der Waals surface area contributed by atoms with Gasteiger partial charge in [0.05, 0.1) is 8.07 Å². The first-order chi connectivity index (χ1) is 8.15. The standard InChI is InChI=1S/C15H22OSi/c1-17(2,12-6-11-16)15-10-5-9-14(15)13-7-3-4-8-13/h3,5,7-8,10,16H,4,6,9,11-12H2,1-2H3. The van der Waals surface area contributed by atoms with E-state index in [9.17, 15) is 0 Å². The van der Waals surface area contributed by atoms with Crippen molar-refractivity contribution in [1.29, 1.82) is 0 Å². The molecule has 0 fully saturated rings. The summed E-state index contributed by atoms with van der Waals surface area (Å²) >= 11 is 0. The molecule has 2 rings (SSSR count). The van der Waals surface area contributed by atoms with Gasteiger partial charge in [0.15, 0.2) is 0 Å². The molecule has 2 heteroatoms. The summed E-state index contributed by atoms with van der Waals surface area (Å²) in [5, 5.41) is 10.6. The van der Waals surface area contributed by atoms with Gasteiger partial charge in [0.2, 0.25) is 0 Å². The molecule has 92 valence electrons. The normalized spacial score (nSPS) is 19.4. The van der Waals surface area contributed by atoms with Crippen LogP contribution in [0, 0.1) is 0 Å². The van der Waals surface area contributed by atoms with Crippen molar-refractivity contribution in [3.63, 3.8) is 0 Å². The van der Waals surface area contributed by atoms with E-state index in [0.717, 1.165) is 19.3 Å². The highest BCUT2D eigenvalue weighted by Gasteiger charge is 2.29. The van der Waals surface area contributed by atoms with Crippen molar-refractivity contribution < 1.29 is 5.11 Å². The molecule has 0 amide bonds. The Labute approximate surface area is 105 Å². The van der Waals surface area contributed by atoms with E-state index < -0.39 is 8.07 Å². The summed E-state index contributed by atoms with van der Waals surface area (Å²) in [5.74, 6) is 0. The molecule has 0 aromatic heterocycles. The molecule has 0 radical (unpaired) electrons. The maximum Gasteiger partial charge on any atom is 0.0811 e. The summed E-state index contributed by atoms with van der Waals surface area (Å²) in [6.07, 6.45) is 14.6. The Balaban J connectivity index is 2.24. The van der Waals surface area contributed by atoms with Crippen molar-refractivity contribution in [2.45, 2.75) is 38.4 Å². The summed E-state index contributed by atoms with van der Waals surface area (Å²) < 4.78 is 0. The second-order valence-electron chi connectivity index (χ2n) is 5.51. The van der Waals surface area contributed by atoms with Crippen LogP contribution < -0.4 is 0 Å². The van der Waals surface area contributed by atoms with Gasteiger partial charge in [-0.2, -0.15) is 0 Å². The molecule has 0 aromatic rings. The number of rotatable bonds is 5. The first-order valence-corrected chi connectivity index (χ1v) is 9.74. The number of hydrogen-bond acceptors (Lipinski definition) is 1. The summed E-state index contributed by atoms with van der Waals surface area (Å²) in [5.41, 5.74) is 2.99. The first kappa shape index (κ1) is 12.6. The van der Waals surface area contributed by atoms with E-state index in [-0.39, 0.29) is 0 Å². The van der Waals surface area contributed by atoms with Crippen LogP contribution in [0.3, 0.4) is 0 Å². The fourth-order valence-electron chi connectivity index (χ4n) is 2.75. The molecule has 0 bridgehead atoms. The maximum absolute atomic E-state index is 9.02. The predicted octanol–water partition coefficient (Wildman–Crippen LogP) is 3.76. The zero-order valence-electron chi connectivity index (χ0n) is 10.9. The van der Waals surface area contributed by atoms with E-state index in [2.05, 4.69) is 43.5 Å². The Kier molecular flexibility index (Phi) is 3.85. The number of aliphatic hydroxyl groups excluding tert-OH is 1. The van der Waals surface area contributed by atoms with Gasteiger partial charge in [-0.25, -0.2) is 0 Å². The SMILES string of the molecule is C[Si](C)(CCCO)C1=C(C2=CCC=C2)CC=C1. The summed E-state index contributed by atoms with van der Waals surface area (Å²) in [6.45, 7) is 5.17.